The van der Waals surface area contributed by atoms with Crippen molar-refractivity contribution in [2.45, 2.75) is 26.4 Å². The smallest absolute Gasteiger partial charge is 0.243 e. The number of halogens is 1. The molecule has 1 aliphatic heterocycles. The summed E-state index contributed by atoms with van der Waals surface area (Å²) in [5.74, 6) is 3.15. The lowest BCUT2D eigenvalue weighted by molar-refractivity contribution is 0.0809. The van der Waals surface area contributed by atoms with E-state index in [0.29, 0.717) is 16.7 Å². The van der Waals surface area contributed by atoms with Gasteiger partial charge < -0.3 is 8.94 Å². The fourth-order valence-electron chi connectivity index (χ4n) is 3.44. The first-order chi connectivity index (χ1) is 13.1. The Labute approximate surface area is 163 Å². The average molecular weight is 387 g/mol. The van der Waals surface area contributed by atoms with Gasteiger partial charge in [0.1, 0.15) is 11.5 Å². The zero-order valence-electron chi connectivity index (χ0n) is 15.6. The van der Waals surface area contributed by atoms with Gasteiger partial charge in [-0.25, -0.2) is 0 Å². The second kappa shape index (κ2) is 7.84. The summed E-state index contributed by atoms with van der Waals surface area (Å²) in [6, 6.07) is 11.9. The van der Waals surface area contributed by atoms with Crippen molar-refractivity contribution < 1.29 is 8.94 Å². The van der Waals surface area contributed by atoms with Crippen LogP contribution in [0.4, 0.5) is 0 Å². The molecule has 142 valence electrons. The highest BCUT2D eigenvalue weighted by atomic mass is 35.5. The molecule has 0 amide bonds. The molecule has 6 nitrogen and oxygen atoms in total. The quantitative estimate of drug-likeness (QED) is 0.655. The Balaban J connectivity index is 1.34. The van der Waals surface area contributed by atoms with Crippen molar-refractivity contribution >= 4 is 11.6 Å². The van der Waals surface area contributed by atoms with Gasteiger partial charge in [0.25, 0.3) is 0 Å². The molecule has 1 saturated heterocycles. The molecule has 3 aromatic rings. The van der Waals surface area contributed by atoms with E-state index in [1.807, 2.05) is 43.3 Å². The molecular weight excluding hydrogens is 364 g/mol. The molecule has 0 N–H and O–H groups in total. The number of rotatable bonds is 5. The molecule has 3 heterocycles. The topological polar surface area (TPSA) is 58.5 Å². The Hall–Kier alpha value is -2.15. The van der Waals surface area contributed by atoms with Crippen molar-refractivity contribution in [2.24, 2.45) is 0 Å². The predicted molar refractivity (Wildman–Crippen MR) is 103 cm³/mol. The summed E-state index contributed by atoms with van der Waals surface area (Å²) >= 11 is 6.26. The number of benzene rings is 1. The third kappa shape index (κ3) is 4.08. The fraction of sp³-hybridized carbons (Fsp3) is 0.400. The summed E-state index contributed by atoms with van der Waals surface area (Å²) in [7, 11) is 0. The van der Waals surface area contributed by atoms with E-state index >= 15 is 0 Å². The number of nitrogens with zero attached hydrogens (tertiary/aromatic N) is 4. The minimum atomic E-state index is 0.142. The van der Waals surface area contributed by atoms with Gasteiger partial charge in [-0.3, -0.25) is 9.80 Å². The van der Waals surface area contributed by atoms with Crippen LogP contribution in [0.5, 0.6) is 0 Å². The summed E-state index contributed by atoms with van der Waals surface area (Å²) in [6.07, 6.45) is 0. The third-order valence-electron chi connectivity index (χ3n) is 5.04. The van der Waals surface area contributed by atoms with Gasteiger partial charge in [-0.15, -0.1) is 0 Å². The van der Waals surface area contributed by atoms with E-state index in [0.717, 1.165) is 49.8 Å². The third-order valence-corrected chi connectivity index (χ3v) is 5.37. The molecule has 0 radical (unpaired) electrons. The SMILES string of the molecule is Cc1noc(C(C)N2CCN(Cc3ccc(-c4ccccc4Cl)o3)CC2)n1. The largest absolute Gasteiger partial charge is 0.460 e. The molecular formula is C20H23ClN4O2. The van der Waals surface area contributed by atoms with Crippen LogP contribution in [0.1, 0.15) is 30.4 Å². The molecule has 0 bridgehead atoms. The number of hydrogen-bond acceptors (Lipinski definition) is 6. The number of hydrogen-bond donors (Lipinski definition) is 0. The number of furan rings is 1. The van der Waals surface area contributed by atoms with Crippen molar-refractivity contribution in [1.29, 1.82) is 0 Å². The van der Waals surface area contributed by atoms with Gasteiger partial charge in [0.2, 0.25) is 5.89 Å². The summed E-state index contributed by atoms with van der Waals surface area (Å²) in [4.78, 5) is 9.13. The van der Waals surface area contributed by atoms with E-state index in [-0.39, 0.29) is 6.04 Å². The molecule has 7 heteroatoms. The second-order valence-electron chi connectivity index (χ2n) is 6.91. The van der Waals surface area contributed by atoms with Crippen LogP contribution in [-0.4, -0.2) is 46.1 Å². The van der Waals surface area contributed by atoms with Crippen LogP contribution in [0.25, 0.3) is 11.3 Å². The fourth-order valence-corrected chi connectivity index (χ4v) is 3.67. The van der Waals surface area contributed by atoms with E-state index < -0.39 is 0 Å². The zero-order valence-corrected chi connectivity index (χ0v) is 16.3. The molecule has 0 aliphatic carbocycles. The lowest BCUT2D eigenvalue weighted by Crippen LogP contribution is -2.46. The molecule has 27 heavy (non-hydrogen) atoms. The summed E-state index contributed by atoms with van der Waals surface area (Å²) in [5, 5.41) is 4.60. The van der Waals surface area contributed by atoms with Crippen LogP contribution in [0, 0.1) is 6.92 Å². The Morgan fingerprint density at radius 2 is 1.89 bits per heavy atom. The van der Waals surface area contributed by atoms with Gasteiger partial charge in [-0.05, 0) is 38.1 Å². The second-order valence-corrected chi connectivity index (χ2v) is 7.32. The van der Waals surface area contributed by atoms with E-state index in [1.165, 1.54) is 0 Å². The van der Waals surface area contributed by atoms with Gasteiger partial charge in [-0.2, -0.15) is 4.98 Å². The van der Waals surface area contributed by atoms with Gasteiger partial charge in [-0.1, -0.05) is 28.9 Å². The maximum absolute atomic E-state index is 6.26. The van der Waals surface area contributed by atoms with Crippen LogP contribution in [-0.2, 0) is 6.54 Å². The first-order valence-corrected chi connectivity index (χ1v) is 9.58. The van der Waals surface area contributed by atoms with Crippen molar-refractivity contribution in [3.8, 4) is 11.3 Å². The lowest BCUT2D eigenvalue weighted by Gasteiger charge is -2.36. The van der Waals surface area contributed by atoms with Crippen LogP contribution in [0.15, 0.2) is 45.3 Å². The molecule has 0 spiro atoms. The Bertz CT molecular complexity index is 899. The van der Waals surface area contributed by atoms with Crippen LogP contribution in [0.3, 0.4) is 0 Å². The van der Waals surface area contributed by atoms with E-state index in [4.69, 9.17) is 20.5 Å². The molecule has 0 saturated carbocycles. The van der Waals surface area contributed by atoms with Crippen LogP contribution >= 0.6 is 11.6 Å². The van der Waals surface area contributed by atoms with E-state index in [2.05, 4.69) is 26.9 Å². The molecule has 1 unspecified atom stereocenters. The summed E-state index contributed by atoms with van der Waals surface area (Å²) < 4.78 is 11.3. The minimum absolute atomic E-state index is 0.142. The number of piperazine rings is 1. The number of aryl methyl sites for hydroxylation is 1. The van der Waals surface area contributed by atoms with Gasteiger partial charge >= 0.3 is 0 Å². The van der Waals surface area contributed by atoms with E-state index in [9.17, 15) is 0 Å². The maximum atomic E-state index is 6.26. The van der Waals surface area contributed by atoms with Gasteiger partial charge in [0.15, 0.2) is 5.82 Å². The Morgan fingerprint density at radius 1 is 1.11 bits per heavy atom. The molecule has 1 aliphatic rings. The van der Waals surface area contributed by atoms with Crippen LogP contribution in [0.2, 0.25) is 5.02 Å². The highest BCUT2D eigenvalue weighted by Crippen LogP contribution is 2.29. The van der Waals surface area contributed by atoms with E-state index in [1.54, 1.807) is 0 Å². The first-order valence-electron chi connectivity index (χ1n) is 9.20. The summed E-state index contributed by atoms with van der Waals surface area (Å²) in [6.45, 7) is 8.62. The van der Waals surface area contributed by atoms with Crippen molar-refractivity contribution in [3.05, 3.63) is 58.9 Å². The lowest BCUT2D eigenvalue weighted by atomic mass is 10.2. The number of aromatic nitrogens is 2. The van der Waals surface area contributed by atoms with Gasteiger partial charge in [0, 0.05) is 31.7 Å². The normalized spacial score (nSPS) is 17.3. The van der Waals surface area contributed by atoms with Crippen molar-refractivity contribution in [2.75, 3.05) is 26.2 Å². The Morgan fingerprint density at radius 3 is 2.59 bits per heavy atom. The van der Waals surface area contributed by atoms with Crippen molar-refractivity contribution in [3.63, 3.8) is 0 Å². The average Bonchev–Trinajstić information content (AvgIpc) is 3.31. The monoisotopic (exact) mass is 386 g/mol. The molecule has 1 atom stereocenters. The van der Waals surface area contributed by atoms with Crippen molar-refractivity contribution in [1.82, 2.24) is 19.9 Å². The molecule has 1 fully saturated rings. The molecule has 2 aromatic heterocycles. The highest BCUT2D eigenvalue weighted by Gasteiger charge is 2.25. The molecule has 4 rings (SSSR count). The standard InChI is InChI=1S/C20H23ClN4O2/c1-14(20-22-15(2)23-27-20)25-11-9-24(10-12-25)13-16-7-8-19(26-16)17-5-3-4-6-18(17)21/h3-8,14H,9-13H2,1-2H3. The Kier molecular flexibility index (Phi) is 5.29. The molecule has 1 aromatic carbocycles. The maximum Gasteiger partial charge on any atom is 0.243 e. The first kappa shape index (κ1) is 18.2. The van der Waals surface area contributed by atoms with Gasteiger partial charge in [0.05, 0.1) is 17.6 Å². The minimum Gasteiger partial charge on any atom is -0.460 e. The highest BCUT2D eigenvalue weighted by molar-refractivity contribution is 6.33. The van der Waals surface area contributed by atoms with Crippen LogP contribution < -0.4 is 0 Å². The predicted octanol–water partition coefficient (Wildman–Crippen LogP) is 4.17. The summed E-state index contributed by atoms with van der Waals surface area (Å²) in [5.41, 5.74) is 0.930. The zero-order chi connectivity index (χ0) is 18.8.